The molecular weight excluding hydrogens is 590 g/mol. The van der Waals surface area contributed by atoms with Crippen LogP contribution in [0.15, 0.2) is 72.8 Å². The number of hydrazine groups is 1. The van der Waals surface area contributed by atoms with Crippen molar-refractivity contribution in [3.8, 4) is 0 Å². The van der Waals surface area contributed by atoms with E-state index in [1.54, 1.807) is 0 Å². The van der Waals surface area contributed by atoms with Crippen molar-refractivity contribution >= 4 is 41.1 Å². The van der Waals surface area contributed by atoms with Crippen LogP contribution >= 0.6 is 12.4 Å². The molecule has 11 heteroatoms. The minimum atomic E-state index is -0.170. The van der Waals surface area contributed by atoms with E-state index >= 15 is 0 Å². The van der Waals surface area contributed by atoms with Gasteiger partial charge in [0.25, 0.3) is 11.8 Å². The smallest absolute Gasteiger partial charge is 0.265 e. The van der Waals surface area contributed by atoms with Gasteiger partial charge in [-0.1, -0.05) is 42.5 Å². The summed E-state index contributed by atoms with van der Waals surface area (Å²) in [7, 11) is 0. The van der Waals surface area contributed by atoms with Crippen LogP contribution in [-0.4, -0.2) is 64.6 Å². The number of aromatic nitrogens is 2. The molecule has 1 aromatic heterocycles. The Bertz CT molecular complexity index is 1580. The highest BCUT2D eigenvalue weighted by atomic mass is 35.5. The number of nitrogens with two attached hydrogens (primary N) is 1. The fraction of sp³-hybridized carbons (Fsp3) is 0.353. The third-order valence-corrected chi connectivity index (χ3v) is 7.99. The molecule has 0 saturated carbocycles. The number of amidine groups is 1. The molecule has 0 spiro atoms. The monoisotopic (exact) mass is 631 g/mol. The summed E-state index contributed by atoms with van der Waals surface area (Å²) in [5.74, 6) is 0.786. The van der Waals surface area contributed by atoms with E-state index in [0.29, 0.717) is 43.0 Å². The SMILES string of the molecule is CCOCCCn1c(CCc2ccc(C(=N)N)cc2)nc2cc(C(=O)NN3CCC(NC(=O)c4ccccc4)CC3)ccc21.Cl. The summed E-state index contributed by atoms with van der Waals surface area (Å²) in [4.78, 5) is 30.7. The maximum absolute atomic E-state index is 13.2. The summed E-state index contributed by atoms with van der Waals surface area (Å²) in [6.45, 7) is 5.44. The van der Waals surface area contributed by atoms with Gasteiger partial charge in [0.2, 0.25) is 0 Å². The van der Waals surface area contributed by atoms with Crippen molar-refractivity contribution < 1.29 is 14.3 Å². The van der Waals surface area contributed by atoms with Gasteiger partial charge >= 0.3 is 0 Å². The molecule has 1 saturated heterocycles. The largest absolute Gasteiger partial charge is 0.384 e. The lowest BCUT2D eigenvalue weighted by Crippen LogP contribution is -2.51. The van der Waals surface area contributed by atoms with Gasteiger partial charge in [-0.2, -0.15) is 0 Å². The van der Waals surface area contributed by atoms with Gasteiger partial charge in [-0.25, -0.2) is 9.99 Å². The number of carbonyl (C=O) groups excluding carboxylic acids is 2. The minimum Gasteiger partial charge on any atom is -0.384 e. The van der Waals surface area contributed by atoms with E-state index in [4.69, 9.17) is 20.9 Å². The van der Waals surface area contributed by atoms with Crippen LogP contribution in [0.25, 0.3) is 11.0 Å². The zero-order valence-electron chi connectivity index (χ0n) is 25.6. The molecule has 1 fully saturated rings. The molecule has 45 heavy (non-hydrogen) atoms. The Labute approximate surface area is 270 Å². The fourth-order valence-electron chi connectivity index (χ4n) is 5.54. The Morgan fingerprint density at radius 1 is 0.956 bits per heavy atom. The molecular formula is C34H42ClN7O3. The molecule has 0 aliphatic carbocycles. The third kappa shape index (κ3) is 8.91. The number of hydrogen-bond acceptors (Lipinski definition) is 6. The minimum absolute atomic E-state index is 0. The van der Waals surface area contributed by atoms with E-state index in [0.717, 1.165) is 61.1 Å². The van der Waals surface area contributed by atoms with Crippen LogP contribution in [0.1, 0.15) is 63.9 Å². The molecule has 2 heterocycles. The summed E-state index contributed by atoms with van der Waals surface area (Å²) < 4.78 is 7.80. The molecule has 0 radical (unpaired) electrons. The maximum Gasteiger partial charge on any atom is 0.265 e. The Morgan fingerprint density at radius 3 is 2.36 bits per heavy atom. The lowest BCUT2D eigenvalue weighted by atomic mass is 10.1. The number of fused-ring (bicyclic) bond motifs is 1. The number of halogens is 1. The topological polar surface area (TPSA) is 138 Å². The number of aryl methyl sites for hydroxylation is 3. The van der Waals surface area contributed by atoms with Crippen molar-refractivity contribution in [2.24, 2.45) is 5.73 Å². The van der Waals surface area contributed by atoms with Crippen molar-refractivity contribution in [3.05, 3.63) is 101 Å². The molecule has 3 aromatic carbocycles. The number of ether oxygens (including phenoxy) is 1. The molecule has 10 nitrogen and oxygen atoms in total. The van der Waals surface area contributed by atoms with Crippen LogP contribution in [0.2, 0.25) is 0 Å². The molecule has 0 bridgehead atoms. The Balaban J connectivity index is 0.00000461. The van der Waals surface area contributed by atoms with Crippen LogP contribution in [-0.2, 0) is 24.1 Å². The van der Waals surface area contributed by atoms with Crippen molar-refractivity contribution in [1.29, 1.82) is 5.41 Å². The number of rotatable bonds is 13. The highest BCUT2D eigenvalue weighted by Gasteiger charge is 2.23. The number of imidazole rings is 1. The standard InChI is InChI=1S/C34H41N7O3.ClH/c1-2-44-22-6-19-41-30-15-14-27(23-29(30)38-31(41)16-11-24-9-12-25(13-10-24)32(35)36)34(43)39-40-20-17-28(18-21-40)37-33(42)26-7-4-3-5-8-26;/h3-5,7-10,12-15,23,28H,2,6,11,16-22H2,1H3,(H3,35,36)(H,37,42)(H,39,43);1H. The number of piperidine rings is 1. The molecule has 238 valence electrons. The zero-order chi connectivity index (χ0) is 30.9. The van der Waals surface area contributed by atoms with Gasteiger partial charge in [-0.3, -0.25) is 20.4 Å². The second-order valence-corrected chi connectivity index (χ2v) is 11.1. The number of amides is 2. The fourth-order valence-corrected chi connectivity index (χ4v) is 5.54. The first-order chi connectivity index (χ1) is 21.4. The van der Waals surface area contributed by atoms with Gasteiger partial charge < -0.3 is 20.4 Å². The second kappa shape index (κ2) is 16.2. The Morgan fingerprint density at radius 2 is 1.67 bits per heavy atom. The molecule has 0 unspecified atom stereocenters. The summed E-state index contributed by atoms with van der Waals surface area (Å²) in [6, 6.07) is 22.7. The highest BCUT2D eigenvalue weighted by molar-refractivity contribution is 5.97. The van der Waals surface area contributed by atoms with Crippen LogP contribution < -0.4 is 16.5 Å². The third-order valence-electron chi connectivity index (χ3n) is 7.99. The van der Waals surface area contributed by atoms with Crippen molar-refractivity contribution in [1.82, 2.24) is 25.3 Å². The molecule has 4 aromatic rings. The van der Waals surface area contributed by atoms with E-state index in [1.165, 1.54) is 0 Å². The Hall–Kier alpha value is -4.25. The summed E-state index contributed by atoms with van der Waals surface area (Å²) in [5, 5.41) is 12.6. The van der Waals surface area contributed by atoms with E-state index in [9.17, 15) is 9.59 Å². The zero-order valence-corrected chi connectivity index (χ0v) is 26.4. The molecule has 5 N–H and O–H groups in total. The van der Waals surface area contributed by atoms with Crippen LogP contribution in [0, 0.1) is 5.41 Å². The summed E-state index contributed by atoms with van der Waals surface area (Å²) >= 11 is 0. The average Bonchev–Trinajstić information content (AvgIpc) is 3.40. The van der Waals surface area contributed by atoms with E-state index < -0.39 is 0 Å². The van der Waals surface area contributed by atoms with Crippen molar-refractivity contribution in [2.75, 3.05) is 26.3 Å². The van der Waals surface area contributed by atoms with Crippen LogP contribution in [0.5, 0.6) is 0 Å². The first-order valence-corrected chi connectivity index (χ1v) is 15.3. The molecule has 5 rings (SSSR count). The first-order valence-electron chi connectivity index (χ1n) is 15.3. The van der Waals surface area contributed by atoms with Crippen LogP contribution in [0.3, 0.4) is 0 Å². The lowest BCUT2D eigenvalue weighted by molar-refractivity contribution is 0.0702. The van der Waals surface area contributed by atoms with Crippen molar-refractivity contribution in [3.63, 3.8) is 0 Å². The lowest BCUT2D eigenvalue weighted by Gasteiger charge is -2.32. The summed E-state index contributed by atoms with van der Waals surface area (Å²) in [6.07, 6.45) is 3.90. The second-order valence-electron chi connectivity index (χ2n) is 11.1. The summed E-state index contributed by atoms with van der Waals surface area (Å²) in [5.41, 5.74) is 13.5. The Kier molecular flexibility index (Phi) is 12.1. The molecule has 2 amide bonds. The van der Waals surface area contributed by atoms with Gasteiger partial charge in [0.15, 0.2) is 0 Å². The van der Waals surface area contributed by atoms with Gasteiger partial charge in [-0.15, -0.1) is 12.4 Å². The van der Waals surface area contributed by atoms with E-state index in [2.05, 4.69) is 15.3 Å². The van der Waals surface area contributed by atoms with Crippen LogP contribution in [0.4, 0.5) is 0 Å². The first kappa shape index (κ1) is 33.6. The number of nitrogens with zero attached hydrogens (tertiary/aromatic N) is 3. The van der Waals surface area contributed by atoms with Gasteiger partial charge in [0, 0.05) is 62.0 Å². The predicted octanol–water partition coefficient (Wildman–Crippen LogP) is 4.49. The number of nitrogen functional groups attached to an aromatic ring is 1. The molecule has 1 aliphatic rings. The van der Waals surface area contributed by atoms with Gasteiger partial charge in [0.05, 0.1) is 11.0 Å². The number of nitrogens with one attached hydrogen (secondary N) is 3. The number of benzene rings is 3. The molecule has 1 aliphatic heterocycles. The predicted molar refractivity (Wildman–Crippen MR) is 179 cm³/mol. The number of carbonyl (C=O) groups is 2. The van der Waals surface area contributed by atoms with E-state index in [1.807, 2.05) is 84.7 Å². The van der Waals surface area contributed by atoms with Gasteiger partial charge in [-0.05, 0) is 68.5 Å². The average molecular weight is 632 g/mol. The normalized spacial score (nSPS) is 13.7. The van der Waals surface area contributed by atoms with E-state index in [-0.39, 0.29) is 36.1 Å². The molecule has 0 atom stereocenters. The maximum atomic E-state index is 13.2. The quantitative estimate of drug-likeness (QED) is 0.0974. The highest BCUT2D eigenvalue weighted by Crippen LogP contribution is 2.21. The number of hydrogen-bond donors (Lipinski definition) is 4. The van der Waals surface area contributed by atoms with Crippen molar-refractivity contribution in [2.45, 2.75) is 51.6 Å². The van der Waals surface area contributed by atoms with Gasteiger partial charge in [0.1, 0.15) is 11.7 Å².